The van der Waals surface area contributed by atoms with Gasteiger partial charge < -0.3 is 5.32 Å². The minimum Gasteiger partial charge on any atom is -0.349 e. The Morgan fingerprint density at radius 3 is 2.59 bits per heavy atom. The lowest BCUT2D eigenvalue weighted by Gasteiger charge is -2.58. The van der Waals surface area contributed by atoms with Crippen LogP contribution in [0.4, 0.5) is 0 Å². The lowest BCUT2D eigenvalue weighted by molar-refractivity contribution is -0.0123. The van der Waals surface area contributed by atoms with E-state index in [1.165, 1.54) is 36.6 Å². The molecule has 34 heavy (non-hydrogen) atoms. The topological polar surface area (TPSA) is 80.7 Å². The SMILES string of the molecule is C[C@]12CC[C@H](NC(=O)c3ccnnc3)CC1=CC[C@@H]1[C@@H]2CC[C@]2(C)C(c3cncnc3)=CC[C@@H]12. The lowest BCUT2D eigenvalue weighted by atomic mass is 9.47. The molecule has 1 amide bonds. The zero-order valence-corrected chi connectivity index (χ0v) is 20.1. The third-order valence-electron chi connectivity index (χ3n) is 9.74. The molecule has 0 aliphatic heterocycles. The molecule has 2 fully saturated rings. The van der Waals surface area contributed by atoms with Gasteiger partial charge in [0.2, 0.25) is 0 Å². The second kappa shape index (κ2) is 8.10. The van der Waals surface area contributed by atoms with Gasteiger partial charge in [-0.3, -0.25) is 4.79 Å². The number of amides is 1. The van der Waals surface area contributed by atoms with E-state index in [2.05, 4.69) is 51.5 Å². The van der Waals surface area contributed by atoms with Gasteiger partial charge in [-0.1, -0.05) is 31.6 Å². The van der Waals surface area contributed by atoms with Crippen molar-refractivity contribution >= 4 is 11.5 Å². The second-order valence-electron chi connectivity index (χ2n) is 11.2. The van der Waals surface area contributed by atoms with Crippen molar-refractivity contribution in [3.8, 4) is 0 Å². The third-order valence-corrected chi connectivity index (χ3v) is 9.74. The highest BCUT2D eigenvalue weighted by molar-refractivity contribution is 5.93. The van der Waals surface area contributed by atoms with E-state index in [0.717, 1.165) is 37.5 Å². The molecule has 2 aromatic heterocycles. The van der Waals surface area contributed by atoms with Gasteiger partial charge in [0.05, 0.1) is 18.0 Å². The Morgan fingerprint density at radius 1 is 0.971 bits per heavy atom. The van der Waals surface area contributed by atoms with Gasteiger partial charge in [-0.15, -0.1) is 0 Å². The van der Waals surface area contributed by atoms with Crippen molar-refractivity contribution in [2.24, 2.45) is 28.6 Å². The molecule has 6 rings (SSSR count). The highest BCUT2D eigenvalue weighted by Crippen LogP contribution is 2.66. The highest BCUT2D eigenvalue weighted by Gasteiger charge is 2.56. The number of carbonyl (C=O) groups is 1. The molecular formula is C28H33N5O. The van der Waals surface area contributed by atoms with E-state index in [4.69, 9.17) is 0 Å². The monoisotopic (exact) mass is 455 g/mol. The van der Waals surface area contributed by atoms with Crippen LogP contribution in [0.5, 0.6) is 0 Å². The summed E-state index contributed by atoms with van der Waals surface area (Å²) in [7, 11) is 0. The van der Waals surface area contributed by atoms with Gasteiger partial charge in [0.15, 0.2) is 0 Å². The Bertz CT molecular complexity index is 1150. The largest absolute Gasteiger partial charge is 0.349 e. The minimum atomic E-state index is -0.0410. The van der Waals surface area contributed by atoms with Crippen molar-refractivity contribution in [1.82, 2.24) is 25.5 Å². The van der Waals surface area contributed by atoms with Gasteiger partial charge in [0.1, 0.15) is 6.33 Å². The van der Waals surface area contributed by atoms with Crippen LogP contribution in [0.25, 0.3) is 5.57 Å². The van der Waals surface area contributed by atoms with Crippen LogP contribution in [0, 0.1) is 28.6 Å². The standard InChI is InChI=1S/C28H33N5O/c1-27-10-7-21(33-26(34)18-9-12-31-32-16-18)13-20(27)3-4-22-24-6-5-23(19-14-29-17-30-15-19)28(24,2)11-8-25(22)27/h3,5,9,12,14-17,21-22,24-25H,4,6-8,10-11,13H2,1-2H3,(H,33,34)/t21-,22-,24-,25-,27-,28+/m0/s1. The zero-order valence-electron chi connectivity index (χ0n) is 20.1. The van der Waals surface area contributed by atoms with Gasteiger partial charge >= 0.3 is 0 Å². The molecule has 2 heterocycles. The van der Waals surface area contributed by atoms with E-state index in [0.29, 0.717) is 11.5 Å². The fourth-order valence-electron chi connectivity index (χ4n) is 7.93. The molecule has 0 aromatic carbocycles. The number of hydrogen-bond acceptors (Lipinski definition) is 5. The highest BCUT2D eigenvalue weighted by atomic mass is 16.1. The fourth-order valence-corrected chi connectivity index (χ4v) is 7.93. The summed E-state index contributed by atoms with van der Waals surface area (Å²) in [5, 5.41) is 10.9. The number of aromatic nitrogens is 4. The quantitative estimate of drug-likeness (QED) is 0.657. The third kappa shape index (κ3) is 3.33. The molecule has 6 atom stereocenters. The molecule has 0 saturated heterocycles. The van der Waals surface area contributed by atoms with Crippen LogP contribution in [0.1, 0.15) is 74.7 Å². The molecule has 0 unspecified atom stereocenters. The van der Waals surface area contributed by atoms with Crippen LogP contribution < -0.4 is 5.32 Å². The molecular weight excluding hydrogens is 422 g/mol. The Kier molecular flexibility index (Phi) is 5.16. The normalized spacial score (nSPS) is 36.4. The first-order chi connectivity index (χ1) is 16.5. The molecule has 4 aliphatic carbocycles. The molecule has 2 saturated carbocycles. The van der Waals surface area contributed by atoms with Gasteiger partial charge in [0, 0.05) is 24.0 Å². The first-order valence-electron chi connectivity index (χ1n) is 12.7. The molecule has 176 valence electrons. The van der Waals surface area contributed by atoms with E-state index in [9.17, 15) is 4.79 Å². The minimum absolute atomic E-state index is 0.0410. The second-order valence-corrected chi connectivity index (χ2v) is 11.2. The Morgan fingerprint density at radius 2 is 1.79 bits per heavy atom. The van der Waals surface area contributed by atoms with E-state index in [1.54, 1.807) is 24.2 Å². The van der Waals surface area contributed by atoms with Crippen molar-refractivity contribution in [2.45, 2.75) is 64.8 Å². The molecule has 6 nitrogen and oxygen atoms in total. The first kappa shape index (κ1) is 21.6. The average Bonchev–Trinajstić information content (AvgIpc) is 3.22. The number of rotatable bonds is 3. The van der Waals surface area contributed by atoms with Crippen LogP contribution in [-0.2, 0) is 0 Å². The van der Waals surface area contributed by atoms with Crippen molar-refractivity contribution in [3.05, 3.63) is 66.0 Å². The summed E-state index contributed by atoms with van der Waals surface area (Å²) in [6.45, 7) is 5.00. The van der Waals surface area contributed by atoms with Gasteiger partial charge in [-0.25, -0.2) is 9.97 Å². The van der Waals surface area contributed by atoms with Crippen molar-refractivity contribution in [1.29, 1.82) is 0 Å². The van der Waals surface area contributed by atoms with Gasteiger partial charge in [-0.2, -0.15) is 10.2 Å². The van der Waals surface area contributed by atoms with Crippen LogP contribution in [0.15, 0.2) is 54.9 Å². The van der Waals surface area contributed by atoms with Crippen molar-refractivity contribution < 1.29 is 4.79 Å². The summed E-state index contributed by atoms with van der Waals surface area (Å²) in [5.41, 5.74) is 5.29. The van der Waals surface area contributed by atoms with Crippen molar-refractivity contribution in [3.63, 3.8) is 0 Å². The van der Waals surface area contributed by atoms with E-state index >= 15 is 0 Å². The van der Waals surface area contributed by atoms with E-state index in [1.807, 2.05) is 12.4 Å². The molecule has 0 spiro atoms. The van der Waals surface area contributed by atoms with Crippen LogP contribution >= 0.6 is 0 Å². The summed E-state index contributed by atoms with van der Waals surface area (Å²) in [4.78, 5) is 21.3. The van der Waals surface area contributed by atoms with Crippen LogP contribution in [0.2, 0.25) is 0 Å². The van der Waals surface area contributed by atoms with Crippen LogP contribution in [0.3, 0.4) is 0 Å². The molecule has 6 heteroatoms. The number of hydrogen-bond donors (Lipinski definition) is 1. The predicted molar refractivity (Wildman–Crippen MR) is 130 cm³/mol. The maximum absolute atomic E-state index is 12.7. The van der Waals surface area contributed by atoms with Gasteiger partial charge in [-0.05, 0) is 85.2 Å². The summed E-state index contributed by atoms with van der Waals surface area (Å²) < 4.78 is 0. The number of carbonyl (C=O) groups excluding carboxylic acids is 1. The first-order valence-corrected chi connectivity index (χ1v) is 12.7. The number of nitrogens with zero attached hydrogens (tertiary/aromatic N) is 4. The summed E-state index contributed by atoms with van der Waals surface area (Å²) in [6.07, 6.45) is 21.7. The number of allylic oxidation sites excluding steroid dienone is 3. The Hall–Kier alpha value is -2.89. The Labute approximate surface area is 201 Å². The predicted octanol–water partition coefficient (Wildman–Crippen LogP) is 5.02. The number of nitrogens with one attached hydrogen (secondary N) is 1. The number of fused-ring (bicyclic) bond motifs is 5. The average molecular weight is 456 g/mol. The van der Waals surface area contributed by atoms with Crippen LogP contribution in [-0.4, -0.2) is 32.1 Å². The summed E-state index contributed by atoms with van der Waals surface area (Å²) in [6, 6.07) is 1.92. The maximum Gasteiger partial charge on any atom is 0.253 e. The van der Waals surface area contributed by atoms with Gasteiger partial charge in [0.25, 0.3) is 5.91 Å². The lowest BCUT2D eigenvalue weighted by Crippen LogP contribution is -2.51. The Balaban J connectivity index is 1.20. The smallest absolute Gasteiger partial charge is 0.253 e. The summed E-state index contributed by atoms with van der Waals surface area (Å²) >= 11 is 0. The summed E-state index contributed by atoms with van der Waals surface area (Å²) in [5.74, 6) is 2.10. The fraction of sp³-hybridized carbons (Fsp3) is 0.536. The molecule has 1 N–H and O–H groups in total. The zero-order chi connectivity index (χ0) is 23.3. The van der Waals surface area contributed by atoms with Crippen molar-refractivity contribution in [2.75, 3.05) is 0 Å². The van der Waals surface area contributed by atoms with E-state index in [-0.39, 0.29) is 22.8 Å². The maximum atomic E-state index is 12.7. The molecule has 0 radical (unpaired) electrons. The molecule has 4 aliphatic rings. The molecule has 0 bridgehead atoms. The van der Waals surface area contributed by atoms with E-state index < -0.39 is 0 Å². The molecule has 2 aromatic rings.